The summed E-state index contributed by atoms with van der Waals surface area (Å²) < 4.78 is 22.1. The first-order chi connectivity index (χ1) is 9.28. The van der Waals surface area contributed by atoms with Crippen LogP contribution in [-0.2, 0) is 18.9 Å². The van der Waals surface area contributed by atoms with E-state index >= 15 is 0 Å². The number of hydrogen-bond acceptors (Lipinski definition) is 4. The van der Waals surface area contributed by atoms with Crippen molar-refractivity contribution in [3.63, 3.8) is 0 Å². The molecule has 0 fully saturated rings. The van der Waals surface area contributed by atoms with Gasteiger partial charge in [0.1, 0.15) is 0 Å². The Morgan fingerprint density at radius 2 is 0.947 bits per heavy atom. The van der Waals surface area contributed by atoms with E-state index in [9.17, 15) is 0 Å². The van der Waals surface area contributed by atoms with E-state index in [4.69, 9.17) is 18.9 Å². The fourth-order valence-electron chi connectivity index (χ4n) is 1.54. The van der Waals surface area contributed by atoms with E-state index in [1.165, 1.54) is 5.67 Å². The van der Waals surface area contributed by atoms with Gasteiger partial charge in [-0.05, 0) is 39.8 Å². The zero-order valence-electron chi connectivity index (χ0n) is 12.7. The molecule has 0 saturated carbocycles. The summed E-state index contributed by atoms with van der Waals surface area (Å²) >= 11 is 0. The van der Waals surface area contributed by atoms with Crippen LogP contribution in [0.15, 0.2) is 0 Å². The Bertz CT molecular complexity index is 154. The van der Waals surface area contributed by atoms with Gasteiger partial charge < -0.3 is 18.9 Å². The minimum Gasteiger partial charge on any atom is -0.353 e. The van der Waals surface area contributed by atoms with Crippen LogP contribution >= 0.6 is 0 Å². The second-order valence-electron chi connectivity index (χ2n) is 3.77. The Morgan fingerprint density at radius 1 is 0.632 bits per heavy atom. The third-order valence-electron chi connectivity index (χ3n) is 2.28. The molecule has 0 heterocycles. The molecule has 112 valence electrons. The zero-order chi connectivity index (χ0) is 14.3. The molecular weight excluding hydrogens is 276 g/mol. The highest BCUT2D eigenvalue weighted by Gasteiger charge is 2.10. The Kier molecular flexibility index (Phi) is 14.9. The van der Waals surface area contributed by atoms with Crippen LogP contribution in [0.4, 0.5) is 0 Å². The molecule has 0 aliphatic rings. The lowest BCUT2D eigenvalue weighted by Gasteiger charge is -2.17. The Morgan fingerprint density at radius 3 is 1.21 bits per heavy atom. The van der Waals surface area contributed by atoms with Crippen LogP contribution in [-0.4, -0.2) is 58.0 Å². The predicted octanol–water partition coefficient (Wildman–Crippen LogP) is 2.41. The van der Waals surface area contributed by atoms with E-state index < -0.39 is 0 Å². The molecule has 0 N–H and O–H groups in total. The van der Waals surface area contributed by atoms with Gasteiger partial charge in [0.05, 0.1) is 0 Å². The van der Waals surface area contributed by atoms with Gasteiger partial charge in [0.2, 0.25) is 0 Å². The first-order valence-corrected chi connectivity index (χ1v) is 9.99. The lowest BCUT2D eigenvalue weighted by Crippen LogP contribution is -2.21. The molecule has 0 aromatic carbocycles. The van der Waals surface area contributed by atoms with E-state index in [0.717, 1.165) is 31.1 Å². The van der Waals surface area contributed by atoms with Gasteiger partial charge in [-0.2, -0.15) is 0 Å². The first-order valence-electron chi connectivity index (χ1n) is 7.16. The molecule has 4 radical (unpaired) electrons. The monoisotopic (exact) mass is 304 g/mol. The SMILES string of the molecule is CCOC(C[Si]C[Si]CC(OCC)OCC)OCC. The summed E-state index contributed by atoms with van der Waals surface area (Å²) in [5.74, 6) is 0. The van der Waals surface area contributed by atoms with Crippen molar-refractivity contribution in [2.75, 3.05) is 26.4 Å². The summed E-state index contributed by atoms with van der Waals surface area (Å²) in [6, 6.07) is 2.01. The fourth-order valence-corrected chi connectivity index (χ4v) is 4.35. The Balaban J connectivity index is 3.59. The number of rotatable bonds is 14. The molecule has 0 amide bonds. The maximum absolute atomic E-state index is 5.53. The molecule has 19 heavy (non-hydrogen) atoms. The highest BCUT2D eigenvalue weighted by Crippen LogP contribution is 2.05. The lowest BCUT2D eigenvalue weighted by atomic mass is 10.7. The van der Waals surface area contributed by atoms with Crippen molar-refractivity contribution in [2.24, 2.45) is 0 Å². The normalized spacial score (nSPS) is 11.7. The van der Waals surface area contributed by atoms with E-state index in [-0.39, 0.29) is 12.6 Å². The van der Waals surface area contributed by atoms with Gasteiger partial charge in [0.25, 0.3) is 0 Å². The molecule has 0 aromatic heterocycles. The summed E-state index contributed by atoms with van der Waals surface area (Å²) in [6.07, 6.45) is -0.0413. The van der Waals surface area contributed by atoms with Crippen LogP contribution in [0.1, 0.15) is 27.7 Å². The van der Waals surface area contributed by atoms with Crippen molar-refractivity contribution < 1.29 is 18.9 Å². The van der Waals surface area contributed by atoms with Crippen LogP contribution in [0, 0.1) is 0 Å². The largest absolute Gasteiger partial charge is 0.353 e. The smallest absolute Gasteiger partial charge is 0.154 e. The fraction of sp³-hybridized carbons (Fsp3) is 1.00. The minimum absolute atomic E-state index is 0.0206. The van der Waals surface area contributed by atoms with Crippen molar-refractivity contribution in [3.8, 4) is 0 Å². The molecule has 0 saturated heterocycles. The predicted molar refractivity (Wildman–Crippen MR) is 80.0 cm³/mol. The summed E-state index contributed by atoms with van der Waals surface area (Å²) in [5.41, 5.74) is 1.22. The Labute approximate surface area is 123 Å². The molecule has 4 nitrogen and oxygen atoms in total. The lowest BCUT2D eigenvalue weighted by molar-refractivity contribution is -0.123. The van der Waals surface area contributed by atoms with E-state index in [1.54, 1.807) is 0 Å². The maximum atomic E-state index is 5.53. The summed E-state index contributed by atoms with van der Waals surface area (Å²) in [4.78, 5) is 0. The van der Waals surface area contributed by atoms with Crippen LogP contribution in [0.25, 0.3) is 0 Å². The van der Waals surface area contributed by atoms with E-state index in [0.29, 0.717) is 26.4 Å². The number of ether oxygens (including phenoxy) is 4. The van der Waals surface area contributed by atoms with Gasteiger partial charge in [0, 0.05) is 45.5 Å². The van der Waals surface area contributed by atoms with Crippen LogP contribution < -0.4 is 0 Å². The molecule has 0 aromatic rings. The van der Waals surface area contributed by atoms with Crippen LogP contribution in [0.5, 0.6) is 0 Å². The molecule has 0 aliphatic carbocycles. The van der Waals surface area contributed by atoms with Crippen molar-refractivity contribution in [1.29, 1.82) is 0 Å². The molecule has 0 unspecified atom stereocenters. The van der Waals surface area contributed by atoms with Gasteiger partial charge in [0.15, 0.2) is 12.6 Å². The second kappa shape index (κ2) is 14.7. The third-order valence-corrected chi connectivity index (χ3v) is 5.53. The second-order valence-corrected chi connectivity index (χ2v) is 7.00. The van der Waals surface area contributed by atoms with Crippen molar-refractivity contribution in [1.82, 2.24) is 0 Å². The quantitative estimate of drug-likeness (QED) is 0.280. The highest BCUT2D eigenvalue weighted by molar-refractivity contribution is 6.55. The summed E-state index contributed by atoms with van der Waals surface area (Å²) in [5, 5.41) is 0. The maximum Gasteiger partial charge on any atom is 0.154 e. The molecule has 0 aliphatic heterocycles. The van der Waals surface area contributed by atoms with Gasteiger partial charge >= 0.3 is 0 Å². The first kappa shape index (κ1) is 19.3. The van der Waals surface area contributed by atoms with Crippen molar-refractivity contribution >= 4 is 19.0 Å². The molecule has 0 atom stereocenters. The van der Waals surface area contributed by atoms with E-state index in [2.05, 4.69) is 0 Å². The molecule has 0 rings (SSSR count). The van der Waals surface area contributed by atoms with Crippen LogP contribution in [0.3, 0.4) is 0 Å². The third kappa shape index (κ3) is 11.8. The topological polar surface area (TPSA) is 36.9 Å². The molecular formula is C13H28O4Si2. The van der Waals surface area contributed by atoms with Crippen LogP contribution in [0.2, 0.25) is 17.8 Å². The van der Waals surface area contributed by atoms with Gasteiger partial charge in [-0.15, -0.1) is 0 Å². The number of hydrogen-bond donors (Lipinski definition) is 0. The Hall–Kier alpha value is 0.274. The minimum atomic E-state index is -0.0206. The molecule has 0 bridgehead atoms. The molecule has 0 spiro atoms. The van der Waals surface area contributed by atoms with E-state index in [1.807, 2.05) is 27.7 Å². The summed E-state index contributed by atoms with van der Waals surface area (Å²) in [7, 11) is 1.77. The van der Waals surface area contributed by atoms with Crippen molar-refractivity contribution in [2.45, 2.75) is 58.0 Å². The zero-order valence-corrected chi connectivity index (χ0v) is 14.7. The van der Waals surface area contributed by atoms with Gasteiger partial charge in [-0.1, -0.05) is 5.67 Å². The average Bonchev–Trinajstić information content (AvgIpc) is 2.39. The van der Waals surface area contributed by atoms with Gasteiger partial charge in [-0.3, -0.25) is 0 Å². The standard InChI is InChI=1S/C13H28O4Si2/c1-5-14-12(15-6-2)9-18-11-19-10-13(16-7-3)17-8-4/h12-13H,5-11H2,1-4H3. The van der Waals surface area contributed by atoms with Gasteiger partial charge in [-0.25, -0.2) is 0 Å². The summed E-state index contributed by atoms with van der Waals surface area (Å²) in [6.45, 7) is 10.9. The average molecular weight is 305 g/mol. The molecule has 6 heteroatoms. The van der Waals surface area contributed by atoms with Crippen molar-refractivity contribution in [3.05, 3.63) is 0 Å². The highest BCUT2D eigenvalue weighted by atomic mass is 28.3.